The number of β-lactam (4-membered cyclic amide) rings is 1. The molecule has 7 nitrogen and oxygen atoms in total. The molecule has 0 spiro atoms. The van der Waals surface area contributed by atoms with Gasteiger partial charge < -0.3 is 16.2 Å². The summed E-state index contributed by atoms with van der Waals surface area (Å²) in [7, 11) is 0. The van der Waals surface area contributed by atoms with Gasteiger partial charge in [-0.3, -0.25) is 14.5 Å². The third-order valence-electron chi connectivity index (χ3n) is 3.73. The number of hydrogen-bond donors (Lipinski definition) is 3. The topological polar surface area (TPSA) is 113 Å². The number of nitrogens with zero attached hydrogens (tertiary/aromatic N) is 1. The maximum atomic E-state index is 12.3. The Morgan fingerprint density at radius 3 is 2.87 bits per heavy atom. The average molecular weight is 353 g/mol. The van der Waals surface area contributed by atoms with Crippen molar-refractivity contribution in [2.75, 3.05) is 12.3 Å². The fourth-order valence-corrected chi connectivity index (χ4v) is 4.70. The van der Waals surface area contributed by atoms with Gasteiger partial charge in [-0.05, 0) is 17.0 Å². The molecule has 2 aliphatic heterocycles. The van der Waals surface area contributed by atoms with E-state index >= 15 is 0 Å². The Hall–Kier alpha value is -1.84. The van der Waals surface area contributed by atoms with Crippen LogP contribution in [0.2, 0.25) is 0 Å². The molecule has 122 valence electrons. The van der Waals surface area contributed by atoms with E-state index in [9.17, 15) is 19.5 Å². The Kier molecular flexibility index (Phi) is 4.42. The maximum Gasteiger partial charge on any atom is 0.352 e. The zero-order chi connectivity index (χ0) is 16.6. The highest BCUT2D eigenvalue weighted by Gasteiger charge is 2.53. The van der Waals surface area contributed by atoms with Gasteiger partial charge in [-0.1, -0.05) is 6.07 Å². The molecular weight excluding hydrogens is 338 g/mol. The van der Waals surface area contributed by atoms with Crippen molar-refractivity contribution < 1.29 is 19.5 Å². The van der Waals surface area contributed by atoms with Crippen LogP contribution in [-0.4, -0.2) is 51.5 Å². The highest BCUT2D eigenvalue weighted by Crippen LogP contribution is 2.40. The zero-order valence-electron chi connectivity index (χ0n) is 12.0. The molecule has 1 saturated heterocycles. The van der Waals surface area contributed by atoms with Gasteiger partial charge >= 0.3 is 5.97 Å². The Morgan fingerprint density at radius 1 is 1.48 bits per heavy atom. The summed E-state index contributed by atoms with van der Waals surface area (Å²) in [6, 6.07) is 3.03. The molecule has 2 amide bonds. The molecule has 1 aromatic heterocycles. The number of aliphatic carboxylic acids is 1. The molecule has 2 atom stereocenters. The standard InChI is InChI=1S/C14H15N3O4S2/c15-5-7-6-23-13-10(12(19)17(13)11(7)14(20)21)16-9(18)4-8-2-1-3-22-8/h1-3,10,13H,4-6,15H2,(H,16,18)(H,20,21)/t10-,13-/m1/s1. The van der Waals surface area contributed by atoms with Crippen molar-refractivity contribution >= 4 is 40.9 Å². The fourth-order valence-electron chi connectivity index (χ4n) is 2.64. The van der Waals surface area contributed by atoms with E-state index in [1.54, 1.807) is 0 Å². The van der Waals surface area contributed by atoms with Crippen molar-refractivity contribution in [2.45, 2.75) is 17.8 Å². The highest BCUT2D eigenvalue weighted by molar-refractivity contribution is 8.00. The lowest BCUT2D eigenvalue weighted by Gasteiger charge is -2.49. The predicted octanol–water partition coefficient (Wildman–Crippen LogP) is -0.0121. The van der Waals surface area contributed by atoms with Crippen LogP contribution in [0.1, 0.15) is 4.88 Å². The third-order valence-corrected chi connectivity index (χ3v) is 5.94. The molecule has 3 heterocycles. The largest absolute Gasteiger partial charge is 0.477 e. The van der Waals surface area contributed by atoms with Gasteiger partial charge in [0.15, 0.2) is 0 Å². The number of fused-ring (bicyclic) bond motifs is 1. The van der Waals surface area contributed by atoms with Crippen LogP contribution < -0.4 is 11.1 Å². The minimum absolute atomic E-state index is 0.0370. The summed E-state index contributed by atoms with van der Waals surface area (Å²) in [6.45, 7) is 0.0978. The number of nitrogens with one attached hydrogen (secondary N) is 1. The Bertz CT molecular complexity index is 686. The van der Waals surface area contributed by atoms with Crippen molar-refractivity contribution in [1.29, 1.82) is 0 Å². The number of carboxylic acid groups (broad SMARTS) is 1. The normalized spacial score (nSPS) is 23.3. The second-order valence-electron chi connectivity index (χ2n) is 5.17. The van der Waals surface area contributed by atoms with Crippen LogP contribution in [0.3, 0.4) is 0 Å². The molecule has 4 N–H and O–H groups in total. The molecule has 0 unspecified atom stereocenters. The molecule has 0 aliphatic carbocycles. The van der Waals surface area contributed by atoms with Crippen molar-refractivity contribution in [2.24, 2.45) is 5.73 Å². The molecule has 0 bridgehead atoms. The second-order valence-corrected chi connectivity index (χ2v) is 7.31. The quantitative estimate of drug-likeness (QED) is 0.642. The van der Waals surface area contributed by atoms with Gasteiger partial charge in [-0.15, -0.1) is 23.1 Å². The van der Waals surface area contributed by atoms with Crippen molar-refractivity contribution in [1.82, 2.24) is 10.2 Å². The lowest BCUT2D eigenvalue weighted by Crippen LogP contribution is -2.70. The third kappa shape index (κ3) is 2.87. The molecule has 0 aromatic carbocycles. The number of nitrogens with two attached hydrogens (primary N) is 1. The summed E-state index contributed by atoms with van der Waals surface area (Å²) in [5, 5.41) is 13.5. The Labute approximate surface area is 140 Å². The van der Waals surface area contributed by atoms with E-state index in [2.05, 4.69) is 5.32 Å². The number of hydrogen-bond acceptors (Lipinski definition) is 6. The molecule has 2 aliphatic rings. The number of amides is 2. The average Bonchev–Trinajstić information content (AvgIpc) is 3.03. The first kappa shape index (κ1) is 16.0. The van der Waals surface area contributed by atoms with E-state index in [1.165, 1.54) is 28.0 Å². The molecule has 23 heavy (non-hydrogen) atoms. The Morgan fingerprint density at radius 2 is 2.26 bits per heavy atom. The van der Waals surface area contributed by atoms with E-state index in [1.807, 2.05) is 17.5 Å². The number of carboxylic acids is 1. The van der Waals surface area contributed by atoms with Gasteiger partial charge in [-0.25, -0.2) is 4.79 Å². The van der Waals surface area contributed by atoms with Gasteiger partial charge in [0.2, 0.25) is 5.91 Å². The van der Waals surface area contributed by atoms with E-state index < -0.39 is 17.9 Å². The van der Waals surface area contributed by atoms with E-state index in [0.717, 1.165) is 4.88 Å². The predicted molar refractivity (Wildman–Crippen MR) is 86.8 cm³/mol. The molecule has 1 aromatic rings. The van der Waals surface area contributed by atoms with E-state index in [0.29, 0.717) is 11.3 Å². The molecular formula is C14H15N3O4S2. The first-order valence-corrected chi connectivity index (χ1v) is 8.87. The number of thiophene rings is 1. The van der Waals surface area contributed by atoms with Crippen LogP contribution in [0, 0.1) is 0 Å². The summed E-state index contributed by atoms with van der Waals surface area (Å²) in [4.78, 5) is 37.9. The van der Waals surface area contributed by atoms with E-state index in [4.69, 9.17) is 5.73 Å². The maximum absolute atomic E-state index is 12.3. The number of rotatable bonds is 5. The van der Waals surface area contributed by atoms with Gasteiger partial charge in [0.05, 0.1) is 6.42 Å². The monoisotopic (exact) mass is 353 g/mol. The van der Waals surface area contributed by atoms with Crippen molar-refractivity contribution in [3.8, 4) is 0 Å². The summed E-state index contributed by atoms with van der Waals surface area (Å²) < 4.78 is 0. The van der Waals surface area contributed by atoms with Crippen LogP contribution >= 0.6 is 23.1 Å². The van der Waals surface area contributed by atoms with Gasteiger partial charge in [0.1, 0.15) is 17.1 Å². The number of thioether (sulfide) groups is 1. The summed E-state index contributed by atoms with van der Waals surface area (Å²) in [5.74, 6) is -1.35. The van der Waals surface area contributed by atoms with Crippen LogP contribution in [0.25, 0.3) is 0 Å². The van der Waals surface area contributed by atoms with Crippen molar-refractivity contribution in [3.05, 3.63) is 33.7 Å². The van der Waals surface area contributed by atoms with Crippen LogP contribution in [0.5, 0.6) is 0 Å². The lowest BCUT2D eigenvalue weighted by molar-refractivity contribution is -0.150. The summed E-state index contributed by atoms with van der Waals surface area (Å²) >= 11 is 2.90. The number of carbonyl (C=O) groups is 3. The molecule has 0 radical (unpaired) electrons. The van der Waals surface area contributed by atoms with Crippen molar-refractivity contribution in [3.63, 3.8) is 0 Å². The summed E-state index contributed by atoms with van der Waals surface area (Å²) in [5.41, 5.74) is 6.06. The van der Waals surface area contributed by atoms with Gasteiger partial charge in [0.25, 0.3) is 5.91 Å². The summed E-state index contributed by atoms with van der Waals surface area (Å²) in [6.07, 6.45) is 0.217. The zero-order valence-corrected chi connectivity index (χ0v) is 13.7. The molecule has 0 saturated carbocycles. The van der Waals surface area contributed by atoms with Crippen LogP contribution in [-0.2, 0) is 20.8 Å². The minimum atomic E-state index is -1.16. The van der Waals surface area contributed by atoms with Crippen LogP contribution in [0.4, 0.5) is 0 Å². The molecule has 1 fully saturated rings. The first-order chi connectivity index (χ1) is 11.0. The minimum Gasteiger partial charge on any atom is -0.477 e. The second kappa shape index (κ2) is 6.34. The smallest absolute Gasteiger partial charge is 0.352 e. The van der Waals surface area contributed by atoms with Gasteiger partial charge in [0, 0.05) is 17.2 Å². The molecule has 9 heteroatoms. The van der Waals surface area contributed by atoms with Gasteiger partial charge in [-0.2, -0.15) is 0 Å². The first-order valence-electron chi connectivity index (χ1n) is 6.94. The molecule has 3 rings (SSSR count). The number of carbonyl (C=O) groups excluding carboxylic acids is 2. The SMILES string of the molecule is NCC1=C(C(=O)O)N2C(=O)[C@@H](NC(=O)Cc3cccs3)[C@H]2SC1. The highest BCUT2D eigenvalue weighted by atomic mass is 32.2. The van der Waals surface area contributed by atoms with Crippen LogP contribution in [0.15, 0.2) is 28.8 Å². The fraction of sp³-hybridized carbons (Fsp3) is 0.357. The lowest BCUT2D eigenvalue weighted by atomic mass is 10.0. The Balaban J connectivity index is 1.69. The van der Waals surface area contributed by atoms with E-state index in [-0.39, 0.29) is 29.9 Å².